The van der Waals surface area contributed by atoms with Crippen molar-refractivity contribution in [1.29, 1.82) is 5.26 Å². The number of pyridine rings is 1. The van der Waals surface area contributed by atoms with E-state index in [0.29, 0.717) is 11.3 Å². The molecule has 0 fully saturated rings. The topological polar surface area (TPSA) is 58.2 Å². The summed E-state index contributed by atoms with van der Waals surface area (Å²) in [5, 5.41) is 8.75. The average Bonchev–Trinajstić information content (AvgIpc) is 3.00. The Bertz CT molecular complexity index is 875. The molecule has 0 atom stereocenters. The van der Waals surface area contributed by atoms with E-state index in [9.17, 15) is 9.18 Å². The highest BCUT2D eigenvalue weighted by Gasteiger charge is 2.13. The molecule has 5 heteroatoms. The van der Waals surface area contributed by atoms with Gasteiger partial charge in [0.2, 0.25) is 0 Å². The highest BCUT2D eigenvalue weighted by atomic mass is 19.1. The van der Waals surface area contributed by atoms with Crippen LogP contribution in [0.2, 0.25) is 0 Å². The summed E-state index contributed by atoms with van der Waals surface area (Å²) in [5.41, 5.74) is 2.42. The summed E-state index contributed by atoms with van der Waals surface area (Å²) >= 11 is 0. The molecule has 0 unspecified atom stereocenters. The van der Waals surface area contributed by atoms with Crippen LogP contribution in [-0.4, -0.2) is 15.2 Å². The van der Waals surface area contributed by atoms with Gasteiger partial charge in [-0.2, -0.15) is 5.26 Å². The van der Waals surface area contributed by atoms with Crippen molar-refractivity contribution < 1.29 is 9.18 Å². The third-order valence-corrected chi connectivity index (χ3v) is 3.48. The van der Waals surface area contributed by atoms with E-state index in [2.05, 4.69) is 4.98 Å². The molecule has 108 valence electrons. The average molecular weight is 293 g/mol. The maximum absolute atomic E-state index is 14.0. The monoisotopic (exact) mass is 293 g/mol. The number of imidazole rings is 1. The Morgan fingerprint density at radius 1 is 1.18 bits per heavy atom. The van der Waals surface area contributed by atoms with Crippen molar-refractivity contribution in [3.8, 4) is 6.07 Å². The van der Waals surface area contributed by atoms with E-state index in [4.69, 9.17) is 5.26 Å². The number of nitriles is 1. The molecule has 2 heterocycles. The van der Waals surface area contributed by atoms with Crippen LogP contribution in [0.15, 0.2) is 48.9 Å². The predicted octanol–water partition coefficient (Wildman–Crippen LogP) is 2.70. The fraction of sp³-hybridized carbons (Fsp3) is 0.118. The lowest BCUT2D eigenvalue weighted by atomic mass is 10.0. The highest BCUT2D eigenvalue weighted by Crippen LogP contribution is 2.14. The van der Waals surface area contributed by atoms with Crippen LogP contribution in [-0.2, 0) is 17.6 Å². The molecule has 22 heavy (non-hydrogen) atoms. The minimum absolute atomic E-state index is 0.000462. The molecule has 0 amide bonds. The zero-order valence-electron chi connectivity index (χ0n) is 11.7. The molecule has 1 aromatic carbocycles. The van der Waals surface area contributed by atoms with Gasteiger partial charge in [0.05, 0.1) is 41.8 Å². The first-order chi connectivity index (χ1) is 10.7. The molecule has 0 bridgehead atoms. The molecule has 0 saturated carbocycles. The molecule has 0 spiro atoms. The number of nitrogens with zero attached hydrogens (tertiary/aromatic N) is 3. The quantitative estimate of drug-likeness (QED) is 0.743. The van der Waals surface area contributed by atoms with Crippen LogP contribution < -0.4 is 0 Å². The number of fused-ring (bicyclic) bond motifs is 1. The number of carbonyl (C=O) groups is 1. The first-order valence-corrected chi connectivity index (χ1v) is 6.77. The van der Waals surface area contributed by atoms with Crippen LogP contribution >= 0.6 is 0 Å². The smallest absolute Gasteiger partial charge is 0.143 e. The van der Waals surface area contributed by atoms with Crippen molar-refractivity contribution in [2.75, 3.05) is 0 Å². The largest absolute Gasteiger partial charge is 0.300 e. The Morgan fingerprint density at radius 3 is 2.68 bits per heavy atom. The third kappa shape index (κ3) is 2.72. The Hall–Kier alpha value is -3.00. The van der Waals surface area contributed by atoms with Gasteiger partial charge in [-0.15, -0.1) is 0 Å². The van der Waals surface area contributed by atoms with Crippen LogP contribution in [0.5, 0.6) is 0 Å². The molecule has 0 radical (unpaired) electrons. The Labute approximate surface area is 126 Å². The maximum atomic E-state index is 14.0. The van der Waals surface area contributed by atoms with E-state index in [-0.39, 0.29) is 18.6 Å². The van der Waals surface area contributed by atoms with Crippen LogP contribution in [0, 0.1) is 17.1 Å². The normalized spacial score (nSPS) is 10.5. The van der Waals surface area contributed by atoms with Crippen molar-refractivity contribution in [3.05, 3.63) is 71.6 Å². The van der Waals surface area contributed by atoms with Gasteiger partial charge < -0.3 is 0 Å². The van der Waals surface area contributed by atoms with Crippen molar-refractivity contribution in [3.63, 3.8) is 0 Å². The summed E-state index contributed by atoms with van der Waals surface area (Å²) in [4.78, 5) is 16.2. The fourth-order valence-electron chi connectivity index (χ4n) is 2.37. The van der Waals surface area contributed by atoms with Crippen molar-refractivity contribution >= 4 is 11.3 Å². The van der Waals surface area contributed by atoms with Crippen molar-refractivity contribution in [1.82, 2.24) is 9.38 Å². The number of Topliss-reactive ketones (excluding diaryl/α,β-unsaturated/α-hetero) is 1. The van der Waals surface area contributed by atoms with Gasteiger partial charge in [0.15, 0.2) is 0 Å². The van der Waals surface area contributed by atoms with Crippen LogP contribution in [0.4, 0.5) is 4.39 Å². The van der Waals surface area contributed by atoms with E-state index in [1.807, 2.05) is 6.07 Å². The van der Waals surface area contributed by atoms with Gasteiger partial charge in [0, 0.05) is 6.42 Å². The molecular formula is C17H12FN3O. The van der Waals surface area contributed by atoms with Crippen molar-refractivity contribution in [2.24, 2.45) is 0 Å². The number of aromatic nitrogens is 2. The van der Waals surface area contributed by atoms with Crippen molar-refractivity contribution in [2.45, 2.75) is 12.8 Å². The number of carbonyl (C=O) groups excluding carboxylic acids is 1. The molecule has 0 aliphatic heterocycles. The lowest BCUT2D eigenvalue weighted by Crippen LogP contribution is -2.11. The number of rotatable bonds is 4. The van der Waals surface area contributed by atoms with Gasteiger partial charge in [-0.1, -0.05) is 12.1 Å². The zero-order chi connectivity index (χ0) is 15.5. The highest BCUT2D eigenvalue weighted by molar-refractivity contribution is 5.83. The van der Waals surface area contributed by atoms with Gasteiger partial charge in [0.1, 0.15) is 11.6 Å². The van der Waals surface area contributed by atoms with E-state index >= 15 is 0 Å². The summed E-state index contributed by atoms with van der Waals surface area (Å²) in [7, 11) is 0. The fourth-order valence-corrected chi connectivity index (χ4v) is 2.37. The number of ketones is 1. The van der Waals surface area contributed by atoms with Gasteiger partial charge >= 0.3 is 0 Å². The Balaban J connectivity index is 1.79. The lowest BCUT2D eigenvalue weighted by molar-refractivity contribution is -0.117. The molecule has 0 saturated heterocycles. The van der Waals surface area contributed by atoms with Gasteiger partial charge in [-0.25, -0.2) is 9.37 Å². The second-order valence-corrected chi connectivity index (χ2v) is 5.02. The summed E-state index contributed by atoms with van der Waals surface area (Å²) in [6.07, 6.45) is 3.33. The molecule has 0 aliphatic carbocycles. The molecule has 0 aliphatic rings. The molecule has 4 nitrogen and oxygen atoms in total. The zero-order valence-corrected chi connectivity index (χ0v) is 11.7. The molecule has 2 aromatic heterocycles. The van der Waals surface area contributed by atoms with Crippen LogP contribution in [0.25, 0.3) is 5.52 Å². The van der Waals surface area contributed by atoms with E-state index < -0.39 is 5.82 Å². The SMILES string of the molecule is N#Cc1ccc(CC(=O)Cc2c(F)ccc3cncn23)cc1. The summed E-state index contributed by atoms with van der Waals surface area (Å²) < 4.78 is 15.5. The first kappa shape index (κ1) is 14.0. The molecule has 3 rings (SSSR count). The lowest BCUT2D eigenvalue weighted by Gasteiger charge is -2.07. The minimum Gasteiger partial charge on any atom is -0.300 e. The second-order valence-electron chi connectivity index (χ2n) is 5.02. The molecular weight excluding hydrogens is 281 g/mol. The van der Waals surface area contributed by atoms with E-state index in [0.717, 1.165) is 11.1 Å². The summed E-state index contributed by atoms with van der Waals surface area (Å²) in [5.74, 6) is -0.511. The minimum atomic E-state index is -0.418. The first-order valence-electron chi connectivity index (χ1n) is 6.77. The summed E-state index contributed by atoms with van der Waals surface area (Å²) in [6.45, 7) is 0. The summed E-state index contributed by atoms with van der Waals surface area (Å²) in [6, 6.07) is 11.8. The third-order valence-electron chi connectivity index (χ3n) is 3.48. The number of hydrogen-bond donors (Lipinski definition) is 0. The Kier molecular flexibility index (Phi) is 3.67. The molecule has 3 aromatic rings. The van der Waals surface area contributed by atoms with Crippen LogP contribution in [0.1, 0.15) is 16.8 Å². The number of halogens is 1. The standard InChI is InChI=1S/C17H12FN3O/c18-16-6-5-14-10-20-11-21(14)17(16)8-15(22)7-12-1-3-13(9-19)4-2-12/h1-6,10-11H,7-8H2. The number of hydrogen-bond acceptors (Lipinski definition) is 3. The van der Waals surface area contributed by atoms with Crippen LogP contribution in [0.3, 0.4) is 0 Å². The maximum Gasteiger partial charge on any atom is 0.143 e. The second kappa shape index (κ2) is 5.78. The van der Waals surface area contributed by atoms with Gasteiger partial charge in [-0.05, 0) is 29.8 Å². The van der Waals surface area contributed by atoms with Gasteiger partial charge in [0.25, 0.3) is 0 Å². The van der Waals surface area contributed by atoms with E-state index in [1.165, 1.54) is 12.4 Å². The van der Waals surface area contributed by atoms with E-state index in [1.54, 1.807) is 40.9 Å². The molecule has 0 N–H and O–H groups in total. The number of benzene rings is 1. The van der Waals surface area contributed by atoms with Gasteiger partial charge in [-0.3, -0.25) is 9.20 Å². The predicted molar refractivity (Wildman–Crippen MR) is 78.7 cm³/mol. The Morgan fingerprint density at radius 2 is 1.95 bits per heavy atom.